The first kappa shape index (κ1) is 5.44. The molecule has 0 spiro atoms. The van der Waals surface area contributed by atoms with Gasteiger partial charge in [0.2, 0.25) is 0 Å². The molecule has 2 fully saturated rings. The van der Waals surface area contributed by atoms with Gasteiger partial charge in [-0.3, -0.25) is 0 Å². The third-order valence-electron chi connectivity index (χ3n) is 1.71. The normalized spacial score (nSPS) is 39.8. The van der Waals surface area contributed by atoms with Crippen LogP contribution in [-0.4, -0.2) is 30.4 Å². The van der Waals surface area contributed by atoms with Crippen molar-refractivity contribution in [2.45, 2.75) is 12.1 Å². The predicted molar refractivity (Wildman–Crippen MR) is 37.3 cm³/mol. The van der Waals surface area contributed by atoms with E-state index in [1.54, 1.807) is 0 Å². The second-order valence-corrected chi connectivity index (χ2v) is 2.78. The summed E-state index contributed by atoms with van der Waals surface area (Å²) < 4.78 is 5.18. The first-order valence-corrected chi connectivity index (χ1v) is 3.42. The van der Waals surface area contributed by atoms with Gasteiger partial charge in [-0.05, 0) is 12.2 Å². The van der Waals surface area contributed by atoms with Gasteiger partial charge in [0.05, 0.1) is 25.3 Å². The summed E-state index contributed by atoms with van der Waals surface area (Å²) >= 11 is 4.90. The second kappa shape index (κ2) is 1.82. The molecule has 3 nitrogen and oxygen atoms in total. The minimum absolute atomic E-state index is 0.428. The molecule has 4 heteroatoms. The van der Waals surface area contributed by atoms with E-state index < -0.39 is 0 Å². The fourth-order valence-corrected chi connectivity index (χ4v) is 1.52. The number of rotatable bonds is 0. The van der Waals surface area contributed by atoms with E-state index in [0.29, 0.717) is 12.1 Å². The molecule has 0 saturated carbocycles. The van der Waals surface area contributed by atoms with Gasteiger partial charge in [-0.2, -0.15) is 0 Å². The van der Waals surface area contributed by atoms with E-state index in [-0.39, 0.29) is 0 Å². The molecule has 2 heterocycles. The molecule has 0 aromatic rings. The topological polar surface area (TPSA) is 33.3 Å². The molecular formula is C5H8N2OS. The number of thiocarbonyl (C=S) groups is 1. The van der Waals surface area contributed by atoms with Crippen molar-refractivity contribution in [1.82, 2.24) is 10.6 Å². The summed E-state index contributed by atoms with van der Waals surface area (Å²) in [6.07, 6.45) is 0. The molecule has 0 radical (unpaired) electrons. The largest absolute Gasteiger partial charge is 0.377 e. The molecule has 50 valence electrons. The van der Waals surface area contributed by atoms with Crippen LogP contribution in [0.1, 0.15) is 0 Å². The van der Waals surface area contributed by atoms with E-state index >= 15 is 0 Å². The fraction of sp³-hybridized carbons (Fsp3) is 0.800. The molecule has 9 heavy (non-hydrogen) atoms. The number of hydrogen-bond donors (Lipinski definition) is 2. The molecule has 2 saturated heterocycles. The minimum atomic E-state index is 0.428. The monoisotopic (exact) mass is 144 g/mol. The Morgan fingerprint density at radius 3 is 2.44 bits per heavy atom. The SMILES string of the molecule is S=C1NC2COCC2N1. The maximum absolute atomic E-state index is 5.18. The van der Waals surface area contributed by atoms with Crippen LogP contribution in [0.3, 0.4) is 0 Å². The molecule has 2 unspecified atom stereocenters. The zero-order valence-corrected chi connectivity index (χ0v) is 5.70. The molecule has 2 N–H and O–H groups in total. The van der Waals surface area contributed by atoms with Crippen molar-refractivity contribution in [3.8, 4) is 0 Å². The summed E-state index contributed by atoms with van der Waals surface area (Å²) in [6.45, 7) is 1.58. The highest BCUT2D eigenvalue weighted by molar-refractivity contribution is 7.80. The van der Waals surface area contributed by atoms with Gasteiger partial charge in [0.1, 0.15) is 0 Å². The molecule has 2 aliphatic heterocycles. The Bertz CT molecular complexity index is 136. The van der Waals surface area contributed by atoms with Gasteiger partial charge in [0.15, 0.2) is 5.11 Å². The van der Waals surface area contributed by atoms with Crippen LogP contribution >= 0.6 is 12.2 Å². The van der Waals surface area contributed by atoms with E-state index in [1.807, 2.05) is 0 Å². The van der Waals surface area contributed by atoms with Crippen LogP contribution in [0.25, 0.3) is 0 Å². The summed E-state index contributed by atoms with van der Waals surface area (Å²) in [6, 6.07) is 0.856. The van der Waals surface area contributed by atoms with Crippen molar-refractivity contribution in [2.75, 3.05) is 13.2 Å². The van der Waals surface area contributed by atoms with Gasteiger partial charge in [0.25, 0.3) is 0 Å². The minimum Gasteiger partial charge on any atom is -0.377 e. The lowest BCUT2D eigenvalue weighted by Gasteiger charge is -2.01. The van der Waals surface area contributed by atoms with Crippen molar-refractivity contribution in [3.63, 3.8) is 0 Å². The maximum Gasteiger partial charge on any atom is 0.167 e. The highest BCUT2D eigenvalue weighted by Gasteiger charge is 2.34. The van der Waals surface area contributed by atoms with Gasteiger partial charge in [-0.1, -0.05) is 0 Å². The van der Waals surface area contributed by atoms with Crippen LogP contribution in [-0.2, 0) is 4.74 Å². The summed E-state index contributed by atoms with van der Waals surface area (Å²) in [5.41, 5.74) is 0. The summed E-state index contributed by atoms with van der Waals surface area (Å²) in [7, 11) is 0. The third kappa shape index (κ3) is 0.784. The molecule has 0 bridgehead atoms. The zero-order chi connectivity index (χ0) is 6.27. The number of ether oxygens (including phenoxy) is 1. The maximum atomic E-state index is 5.18. The van der Waals surface area contributed by atoms with Gasteiger partial charge < -0.3 is 15.4 Å². The van der Waals surface area contributed by atoms with E-state index in [2.05, 4.69) is 10.6 Å². The van der Waals surface area contributed by atoms with Crippen molar-refractivity contribution < 1.29 is 4.74 Å². The third-order valence-corrected chi connectivity index (χ3v) is 1.95. The number of fused-ring (bicyclic) bond motifs is 1. The standard InChI is InChI=1S/C5H8N2OS/c9-5-6-3-1-8-2-4(3)7-5/h3-4H,1-2H2,(H2,6,7,9). The molecule has 0 amide bonds. The van der Waals surface area contributed by atoms with E-state index in [0.717, 1.165) is 18.3 Å². The Balaban J connectivity index is 2.09. The lowest BCUT2D eigenvalue weighted by molar-refractivity contribution is 0.186. The number of nitrogens with one attached hydrogen (secondary N) is 2. The van der Waals surface area contributed by atoms with Crippen molar-refractivity contribution >= 4 is 17.3 Å². The highest BCUT2D eigenvalue weighted by Crippen LogP contribution is 2.09. The Hall–Kier alpha value is -0.350. The molecule has 0 aromatic carbocycles. The van der Waals surface area contributed by atoms with Crippen LogP contribution < -0.4 is 10.6 Å². The zero-order valence-electron chi connectivity index (χ0n) is 4.89. The summed E-state index contributed by atoms with van der Waals surface area (Å²) in [5.74, 6) is 0. The highest BCUT2D eigenvalue weighted by atomic mass is 32.1. The molecule has 2 rings (SSSR count). The molecule has 2 aliphatic rings. The van der Waals surface area contributed by atoms with Gasteiger partial charge in [-0.25, -0.2) is 0 Å². The average molecular weight is 144 g/mol. The van der Waals surface area contributed by atoms with Crippen LogP contribution in [0.4, 0.5) is 0 Å². The number of hydrogen-bond acceptors (Lipinski definition) is 2. The Morgan fingerprint density at radius 1 is 1.33 bits per heavy atom. The van der Waals surface area contributed by atoms with Gasteiger partial charge >= 0.3 is 0 Å². The smallest absolute Gasteiger partial charge is 0.167 e. The lowest BCUT2D eigenvalue weighted by Crippen LogP contribution is -2.31. The Kier molecular flexibility index (Phi) is 1.10. The fourth-order valence-electron chi connectivity index (χ4n) is 1.22. The van der Waals surface area contributed by atoms with Crippen LogP contribution in [0.5, 0.6) is 0 Å². The molecule has 2 atom stereocenters. The van der Waals surface area contributed by atoms with E-state index in [1.165, 1.54) is 0 Å². The predicted octanol–water partition coefficient (Wildman–Crippen LogP) is -0.769. The Morgan fingerprint density at radius 2 is 1.89 bits per heavy atom. The van der Waals surface area contributed by atoms with Gasteiger partial charge in [-0.15, -0.1) is 0 Å². The lowest BCUT2D eigenvalue weighted by atomic mass is 10.2. The first-order valence-electron chi connectivity index (χ1n) is 3.01. The van der Waals surface area contributed by atoms with Crippen molar-refractivity contribution in [3.05, 3.63) is 0 Å². The second-order valence-electron chi connectivity index (χ2n) is 2.37. The van der Waals surface area contributed by atoms with Crippen LogP contribution in [0.2, 0.25) is 0 Å². The Labute approximate surface area is 58.8 Å². The molecular weight excluding hydrogens is 136 g/mol. The summed E-state index contributed by atoms with van der Waals surface area (Å²) in [5, 5.41) is 6.99. The van der Waals surface area contributed by atoms with Crippen molar-refractivity contribution in [1.29, 1.82) is 0 Å². The van der Waals surface area contributed by atoms with Crippen molar-refractivity contribution in [2.24, 2.45) is 0 Å². The summed E-state index contributed by atoms with van der Waals surface area (Å²) in [4.78, 5) is 0. The molecule has 0 aromatic heterocycles. The van der Waals surface area contributed by atoms with Crippen LogP contribution in [0.15, 0.2) is 0 Å². The average Bonchev–Trinajstić information content (AvgIpc) is 2.22. The van der Waals surface area contributed by atoms with Crippen LogP contribution in [0, 0.1) is 0 Å². The van der Waals surface area contributed by atoms with E-state index in [9.17, 15) is 0 Å². The van der Waals surface area contributed by atoms with E-state index in [4.69, 9.17) is 17.0 Å². The molecule has 0 aliphatic carbocycles. The quantitative estimate of drug-likeness (QED) is 0.437. The van der Waals surface area contributed by atoms with Gasteiger partial charge in [0, 0.05) is 0 Å². The first-order chi connectivity index (χ1) is 4.36.